The van der Waals surface area contributed by atoms with Gasteiger partial charge in [-0.2, -0.15) is 0 Å². The number of primary amides is 1. The Balaban J connectivity index is 1.99. The molecule has 0 saturated heterocycles. The molecule has 0 radical (unpaired) electrons. The molecule has 3 nitrogen and oxygen atoms in total. The van der Waals surface area contributed by atoms with E-state index < -0.39 is 5.91 Å². The number of alkyl halides is 1. The van der Waals surface area contributed by atoms with E-state index in [1.165, 1.54) is 5.39 Å². The largest absolute Gasteiger partial charge is 0.366 e. The predicted octanol–water partition coefficient (Wildman–Crippen LogP) is 4.11. The molecule has 0 spiro atoms. The Kier molecular flexibility index (Phi) is 4.76. The second kappa shape index (κ2) is 6.97. The number of amides is 1. The Morgan fingerprint density at radius 1 is 0.833 bits per heavy atom. The third kappa shape index (κ3) is 3.54. The molecule has 0 heterocycles. The van der Waals surface area contributed by atoms with Crippen LogP contribution in [-0.2, 0) is 6.42 Å². The first-order valence-electron chi connectivity index (χ1n) is 7.57. The number of ketones is 1. The van der Waals surface area contributed by atoms with Gasteiger partial charge < -0.3 is 5.73 Å². The first kappa shape index (κ1) is 16.4. The van der Waals surface area contributed by atoms with Crippen molar-refractivity contribution < 1.29 is 9.59 Å². The maximum Gasteiger partial charge on any atom is 0.248 e. The van der Waals surface area contributed by atoms with Crippen LogP contribution in [-0.4, -0.2) is 17.0 Å². The lowest BCUT2D eigenvalue weighted by atomic mass is 9.97. The molecule has 24 heavy (non-hydrogen) atoms. The van der Waals surface area contributed by atoms with Gasteiger partial charge in [-0.3, -0.25) is 9.59 Å². The number of benzene rings is 3. The number of Topliss-reactive ketones (excluding diaryl/α,β-unsaturated/α-hetero) is 1. The van der Waals surface area contributed by atoms with E-state index >= 15 is 0 Å². The standard InChI is InChI=1S/C20H16BrNO2/c21-12-19(23)17-9-14(10-18(11-17)20(22)24)7-13-5-6-15-3-1-2-4-16(15)8-13/h1-6,8-11H,7,12H2,(H2,22,24). The molecule has 0 atom stereocenters. The molecule has 4 heteroatoms. The minimum absolute atomic E-state index is 0.0714. The zero-order valence-corrected chi connectivity index (χ0v) is 14.5. The lowest BCUT2D eigenvalue weighted by Crippen LogP contribution is -2.13. The number of halogens is 1. The number of nitrogens with two attached hydrogens (primary N) is 1. The van der Waals surface area contributed by atoms with Crippen molar-refractivity contribution in [2.45, 2.75) is 6.42 Å². The van der Waals surface area contributed by atoms with Crippen LogP contribution < -0.4 is 5.73 Å². The summed E-state index contributed by atoms with van der Waals surface area (Å²) in [7, 11) is 0. The SMILES string of the molecule is NC(=O)c1cc(Cc2ccc3ccccc3c2)cc(C(=O)CBr)c1. The first-order chi connectivity index (χ1) is 11.6. The summed E-state index contributed by atoms with van der Waals surface area (Å²) in [5.41, 5.74) is 8.27. The summed E-state index contributed by atoms with van der Waals surface area (Å²) < 4.78 is 0. The molecule has 1 amide bonds. The van der Waals surface area contributed by atoms with Crippen LogP contribution in [0.4, 0.5) is 0 Å². The normalized spacial score (nSPS) is 10.7. The molecule has 3 aromatic carbocycles. The van der Waals surface area contributed by atoms with Gasteiger partial charge in [0, 0.05) is 11.1 Å². The maximum absolute atomic E-state index is 12.0. The van der Waals surface area contributed by atoms with Crippen LogP contribution in [0.5, 0.6) is 0 Å². The monoisotopic (exact) mass is 381 g/mol. The Bertz CT molecular complexity index is 934. The molecule has 0 aliphatic rings. The summed E-state index contributed by atoms with van der Waals surface area (Å²) >= 11 is 3.17. The number of hydrogen-bond donors (Lipinski definition) is 1. The van der Waals surface area contributed by atoms with E-state index in [4.69, 9.17) is 5.73 Å². The Morgan fingerprint density at radius 2 is 1.54 bits per heavy atom. The molecular weight excluding hydrogens is 366 g/mol. The average Bonchev–Trinajstić information content (AvgIpc) is 2.60. The van der Waals surface area contributed by atoms with Crippen molar-refractivity contribution in [3.05, 3.63) is 82.9 Å². The van der Waals surface area contributed by atoms with Crippen molar-refractivity contribution in [1.29, 1.82) is 0 Å². The summed E-state index contributed by atoms with van der Waals surface area (Å²) in [4.78, 5) is 23.5. The van der Waals surface area contributed by atoms with Crippen molar-refractivity contribution >= 4 is 38.4 Å². The van der Waals surface area contributed by atoms with Gasteiger partial charge in [0.05, 0.1) is 5.33 Å². The second-order valence-electron chi connectivity index (χ2n) is 5.70. The topological polar surface area (TPSA) is 60.2 Å². The van der Waals surface area contributed by atoms with Crippen molar-refractivity contribution in [2.24, 2.45) is 5.73 Å². The zero-order chi connectivity index (χ0) is 17.1. The zero-order valence-electron chi connectivity index (χ0n) is 13.0. The van der Waals surface area contributed by atoms with E-state index in [9.17, 15) is 9.59 Å². The van der Waals surface area contributed by atoms with Gasteiger partial charge in [0.1, 0.15) is 0 Å². The van der Waals surface area contributed by atoms with Crippen molar-refractivity contribution in [1.82, 2.24) is 0 Å². The molecule has 0 aliphatic carbocycles. The number of hydrogen-bond acceptors (Lipinski definition) is 2. The molecule has 0 fully saturated rings. The average molecular weight is 382 g/mol. The Labute approximate surface area is 148 Å². The number of carbonyl (C=O) groups excluding carboxylic acids is 2. The quantitative estimate of drug-likeness (QED) is 0.533. The van der Waals surface area contributed by atoms with Crippen LogP contribution in [0.2, 0.25) is 0 Å². The molecule has 0 unspecified atom stereocenters. The van der Waals surface area contributed by atoms with Gasteiger partial charge in [-0.25, -0.2) is 0 Å². The summed E-state index contributed by atoms with van der Waals surface area (Å²) in [6.07, 6.45) is 0.633. The van der Waals surface area contributed by atoms with Crippen LogP contribution >= 0.6 is 15.9 Å². The molecule has 0 bridgehead atoms. The lowest BCUT2D eigenvalue weighted by molar-refractivity contribution is 0.1000. The number of rotatable bonds is 5. The van der Waals surface area contributed by atoms with Gasteiger partial charge >= 0.3 is 0 Å². The molecule has 120 valence electrons. The Hall–Kier alpha value is -2.46. The van der Waals surface area contributed by atoms with E-state index in [0.29, 0.717) is 17.5 Å². The minimum atomic E-state index is -0.529. The van der Waals surface area contributed by atoms with E-state index in [2.05, 4.69) is 46.3 Å². The fraction of sp³-hybridized carbons (Fsp3) is 0.100. The fourth-order valence-corrected chi connectivity index (χ4v) is 3.08. The molecule has 3 aromatic rings. The van der Waals surface area contributed by atoms with Gasteiger partial charge in [-0.1, -0.05) is 58.4 Å². The smallest absolute Gasteiger partial charge is 0.248 e. The predicted molar refractivity (Wildman–Crippen MR) is 99.8 cm³/mol. The first-order valence-corrected chi connectivity index (χ1v) is 8.69. The summed E-state index contributed by atoms with van der Waals surface area (Å²) in [6, 6.07) is 19.5. The highest BCUT2D eigenvalue weighted by molar-refractivity contribution is 9.09. The molecule has 0 aromatic heterocycles. The van der Waals surface area contributed by atoms with Crippen molar-refractivity contribution in [3.8, 4) is 0 Å². The van der Waals surface area contributed by atoms with E-state index in [-0.39, 0.29) is 11.1 Å². The summed E-state index contributed by atoms with van der Waals surface area (Å²) in [6.45, 7) is 0. The minimum Gasteiger partial charge on any atom is -0.366 e. The summed E-state index contributed by atoms with van der Waals surface area (Å²) in [5, 5.41) is 2.56. The molecule has 2 N–H and O–H groups in total. The van der Waals surface area contributed by atoms with Crippen molar-refractivity contribution in [3.63, 3.8) is 0 Å². The van der Waals surface area contributed by atoms with Crippen molar-refractivity contribution in [2.75, 3.05) is 5.33 Å². The molecule has 0 aliphatic heterocycles. The van der Waals surface area contributed by atoms with Gasteiger partial charge in [-0.05, 0) is 46.5 Å². The third-order valence-corrected chi connectivity index (χ3v) is 4.45. The highest BCUT2D eigenvalue weighted by atomic mass is 79.9. The molecule has 0 saturated carbocycles. The number of fused-ring (bicyclic) bond motifs is 1. The number of carbonyl (C=O) groups is 2. The highest BCUT2D eigenvalue weighted by Gasteiger charge is 2.11. The highest BCUT2D eigenvalue weighted by Crippen LogP contribution is 2.20. The van der Waals surface area contributed by atoms with Gasteiger partial charge in [-0.15, -0.1) is 0 Å². The van der Waals surface area contributed by atoms with Gasteiger partial charge in [0.25, 0.3) is 0 Å². The lowest BCUT2D eigenvalue weighted by Gasteiger charge is -2.08. The summed E-state index contributed by atoms with van der Waals surface area (Å²) in [5.74, 6) is -0.600. The fourth-order valence-electron chi connectivity index (χ4n) is 2.76. The van der Waals surface area contributed by atoms with Crippen LogP contribution in [0.1, 0.15) is 31.8 Å². The molecule has 3 rings (SSSR count). The van der Waals surface area contributed by atoms with E-state index in [1.807, 2.05) is 18.2 Å². The van der Waals surface area contributed by atoms with Crippen LogP contribution in [0.15, 0.2) is 60.7 Å². The maximum atomic E-state index is 12.0. The third-order valence-electron chi connectivity index (χ3n) is 3.94. The second-order valence-corrected chi connectivity index (χ2v) is 6.26. The van der Waals surface area contributed by atoms with Gasteiger partial charge in [0.2, 0.25) is 5.91 Å². The Morgan fingerprint density at radius 3 is 2.25 bits per heavy atom. The van der Waals surface area contributed by atoms with Crippen LogP contribution in [0.25, 0.3) is 10.8 Å². The van der Waals surface area contributed by atoms with Gasteiger partial charge in [0.15, 0.2) is 5.78 Å². The molecular formula is C20H16BrNO2. The van der Waals surface area contributed by atoms with Crippen LogP contribution in [0, 0.1) is 0 Å². The van der Waals surface area contributed by atoms with E-state index in [0.717, 1.165) is 16.5 Å². The van der Waals surface area contributed by atoms with Crippen LogP contribution in [0.3, 0.4) is 0 Å². The van der Waals surface area contributed by atoms with E-state index in [1.54, 1.807) is 12.1 Å².